The Morgan fingerprint density at radius 3 is 2.52 bits per heavy atom. The van der Waals surface area contributed by atoms with Crippen molar-refractivity contribution in [2.24, 2.45) is 5.92 Å². The number of rotatable bonds is 5. The fourth-order valence-corrected chi connectivity index (χ4v) is 3.47. The van der Waals surface area contributed by atoms with Crippen LogP contribution in [0.1, 0.15) is 25.3 Å². The van der Waals surface area contributed by atoms with Gasteiger partial charge in [-0.2, -0.15) is 0 Å². The lowest BCUT2D eigenvalue weighted by Crippen LogP contribution is -2.49. The lowest BCUT2D eigenvalue weighted by molar-refractivity contribution is -0.125. The van der Waals surface area contributed by atoms with Crippen LogP contribution in [0.3, 0.4) is 0 Å². The van der Waals surface area contributed by atoms with Crippen LogP contribution in [0, 0.1) is 12.8 Å². The molecule has 1 saturated heterocycles. The molecular weight excluding hydrogens is 338 g/mol. The number of likely N-dealkylation sites (tertiary alicyclic amines) is 1. The van der Waals surface area contributed by atoms with Crippen LogP contribution in [0.4, 0.5) is 11.4 Å². The predicted molar refractivity (Wildman–Crippen MR) is 109 cm³/mol. The zero-order chi connectivity index (χ0) is 19.2. The average Bonchev–Trinajstić information content (AvgIpc) is 2.68. The van der Waals surface area contributed by atoms with E-state index < -0.39 is 0 Å². The number of hydrogen-bond donors (Lipinski definition) is 2. The maximum atomic E-state index is 12.6. The number of nitrogens with one attached hydrogen (secondary N) is 2. The van der Waals surface area contributed by atoms with E-state index in [9.17, 15) is 9.59 Å². The summed E-state index contributed by atoms with van der Waals surface area (Å²) in [5.41, 5.74) is 2.73. The molecule has 3 rings (SSSR count). The SMILES string of the molecule is Cc1cccc(NC(=O)[C@@H](C)N2CCC[C@@H](C(=O)Nc3ccccc3)C2)c1. The highest BCUT2D eigenvalue weighted by Gasteiger charge is 2.30. The Labute approximate surface area is 160 Å². The summed E-state index contributed by atoms with van der Waals surface area (Å²) in [7, 11) is 0. The molecule has 0 aliphatic carbocycles. The van der Waals surface area contributed by atoms with Gasteiger partial charge in [0.2, 0.25) is 11.8 Å². The molecule has 0 aromatic heterocycles. The Morgan fingerprint density at radius 2 is 1.78 bits per heavy atom. The minimum atomic E-state index is -0.280. The van der Waals surface area contributed by atoms with E-state index in [0.717, 1.165) is 36.3 Å². The molecule has 1 aliphatic heterocycles. The van der Waals surface area contributed by atoms with Gasteiger partial charge in [-0.3, -0.25) is 14.5 Å². The van der Waals surface area contributed by atoms with Crippen molar-refractivity contribution in [3.05, 3.63) is 60.2 Å². The molecule has 2 amide bonds. The quantitative estimate of drug-likeness (QED) is 0.850. The zero-order valence-corrected chi connectivity index (χ0v) is 15.9. The number of para-hydroxylation sites is 1. The molecule has 2 aromatic rings. The number of nitrogens with zero attached hydrogens (tertiary/aromatic N) is 1. The van der Waals surface area contributed by atoms with E-state index in [-0.39, 0.29) is 23.8 Å². The minimum absolute atomic E-state index is 0.0252. The number of carbonyl (C=O) groups is 2. The van der Waals surface area contributed by atoms with Crippen molar-refractivity contribution in [3.63, 3.8) is 0 Å². The van der Waals surface area contributed by atoms with Crippen molar-refractivity contribution in [3.8, 4) is 0 Å². The van der Waals surface area contributed by atoms with Crippen LogP contribution in [-0.4, -0.2) is 35.8 Å². The first-order valence-electron chi connectivity index (χ1n) is 9.50. The smallest absolute Gasteiger partial charge is 0.241 e. The Balaban J connectivity index is 1.57. The summed E-state index contributed by atoms with van der Waals surface area (Å²) in [6.45, 7) is 5.33. The summed E-state index contributed by atoms with van der Waals surface area (Å²) in [5.74, 6) is -0.116. The summed E-state index contributed by atoms with van der Waals surface area (Å²) in [4.78, 5) is 27.3. The van der Waals surface area contributed by atoms with Gasteiger partial charge in [0.1, 0.15) is 0 Å². The molecular formula is C22H27N3O2. The highest BCUT2D eigenvalue weighted by Crippen LogP contribution is 2.21. The van der Waals surface area contributed by atoms with Gasteiger partial charge in [-0.15, -0.1) is 0 Å². The van der Waals surface area contributed by atoms with Gasteiger partial charge in [-0.05, 0) is 63.1 Å². The van der Waals surface area contributed by atoms with E-state index in [4.69, 9.17) is 0 Å². The molecule has 0 saturated carbocycles. The van der Waals surface area contributed by atoms with Crippen LogP contribution in [-0.2, 0) is 9.59 Å². The first kappa shape index (κ1) is 19.1. The third-order valence-corrected chi connectivity index (χ3v) is 5.08. The van der Waals surface area contributed by atoms with Crippen molar-refractivity contribution in [2.75, 3.05) is 23.7 Å². The maximum Gasteiger partial charge on any atom is 0.241 e. The van der Waals surface area contributed by atoms with Gasteiger partial charge in [0.25, 0.3) is 0 Å². The second kappa shape index (κ2) is 8.82. The normalized spacial score (nSPS) is 18.5. The first-order chi connectivity index (χ1) is 13.0. The molecule has 0 radical (unpaired) electrons. The van der Waals surface area contributed by atoms with Crippen LogP contribution < -0.4 is 10.6 Å². The standard InChI is InChI=1S/C22H27N3O2/c1-16-8-6-12-20(14-16)24-21(26)17(2)25-13-7-9-18(15-25)22(27)23-19-10-4-3-5-11-19/h3-6,8,10-12,14,17-18H,7,9,13,15H2,1-2H3,(H,23,27)(H,24,26)/t17-,18-/m1/s1. The van der Waals surface area contributed by atoms with Crippen LogP contribution in [0.15, 0.2) is 54.6 Å². The van der Waals surface area contributed by atoms with E-state index >= 15 is 0 Å². The van der Waals surface area contributed by atoms with Gasteiger partial charge < -0.3 is 10.6 Å². The largest absolute Gasteiger partial charge is 0.326 e. The molecule has 0 bridgehead atoms. The summed E-state index contributed by atoms with van der Waals surface area (Å²) in [6.07, 6.45) is 1.76. The van der Waals surface area contributed by atoms with Crippen LogP contribution in [0.5, 0.6) is 0 Å². The van der Waals surface area contributed by atoms with Gasteiger partial charge in [0, 0.05) is 17.9 Å². The van der Waals surface area contributed by atoms with E-state index in [2.05, 4.69) is 15.5 Å². The average molecular weight is 365 g/mol. The van der Waals surface area contributed by atoms with Crippen LogP contribution in [0.25, 0.3) is 0 Å². The highest BCUT2D eigenvalue weighted by molar-refractivity contribution is 5.95. The fourth-order valence-electron chi connectivity index (χ4n) is 3.47. The van der Waals surface area contributed by atoms with E-state index in [1.807, 2.05) is 68.4 Å². The van der Waals surface area contributed by atoms with Crippen molar-refractivity contribution < 1.29 is 9.59 Å². The van der Waals surface area contributed by atoms with Crippen molar-refractivity contribution in [1.82, 2.24) is 4.90 Å². The number of amides is 2. The fraction of sp³-hybridized carbons (Fsp3) is 0.364. The van der Waals surface area contributed by atoms with Gasteiger partial charge >= 0.3 is 0 Å². The van der Waals surface area contributed by atoms with Crippen LogP contribution >= 0.6 is 0 Å². The Hall–Kier alpha value is -2.66. The van der Waals surface area contributed by atoms with E-state index in [1.54, 1.807) is 0 Å². The van der Waals surface area contributed by atoms with Gasteiger partial charge in [-0.25, -0.2) is 0 Å². The lowest BCUT2D eigenvalue weighted by atomic mass is 9.95. The molecule has 1 aliphatic rings. The zero-order valence-electron chi connectivity index (χ0n) is 15.9. The molecule has 2 aromatic carbocycles. The first-order valence-corrected chi connectivity index (χ1v) is 9.50. The Kier molecular flexibility index (Phi) is 6.24. The third kappa shape index (κ3) is 5.17. The van der Waals surface area contributed by atoms with E-state index in [1.165, 1.54) is 0 Å². The molecule has 0 spiro atoms. The summed E-state index contributed by atoms with van der Waals surface area (Å²) in [5, 5.41) is 5.96. The van der Waals surface area contributed by atoms with Gasteiger partial charge in [0.15, 0.2) is 0 Å². The molecule has 5 nitrogen and oxygen atoms in total. The molecule has 0 unspecified atom stereocenters. The molecule has 27 heavy (non-hydrogen) atoms. The second-order valence-corrected chi connectivity index (χ2v) is 7.22. The molecule has 5 heteroatoms. The number of aryl methyl sites for hydroxylation is 1. The van der Waals surface area contributed by atoms with Crippen molar-refractivity contribution in [1.29, 1.82) is 0 Å². The van der Waals surface area contributed by atoms with Crippen molar-refractivity contribution >= 4 is 23.2 Å². The molecule has 1 heterocycles. The second-order valence-electron chi connectivity index (χ2n) is 7.22. The minimum Gasteiger partial charge on any atom is -0.326 e. The predicted octanol–water partition coefficient (Wildman–Crippen LogP) is 3.67. The Morgan fingerprint density at radius 1 is 1.04 bits per heavy atom. The lowest BCUT2D eigenvalue weighted by Gasteiger charge is -2.35. The van der Waals surface area contributed by atoms with Crippen LogP contribution in [0.2, 0.25) is 0 Å². The molecule has 2 atom stereocenters. The summed E-state index contributed by atoms with van der Waals surface area (Å²) < 4.78 is 0. The number of piperidine rings is 1. The van der Waals surface area contributed by atoms with Crippen molar-refractivity contribution in [2.45, 2.75) is 32.7 Å². The molecule has 142 valence electrons. The molecule has 1 fully saturated rings. The van der Waals surface area contributed by atoms with Gasteiger partial charge in [-0.1, -0.05) is 30.3 Å². The molecule has 2 N–H and O–H groups in total. The highest BCUT2D eigenvalue weighted by atomic mass is 16.2. The summed E-state index contributed by atoms with van der Waals surface area (Å²) >= 11 is 0. The van der Waals surface area contributed by atoms with Gasteiger partial charge in [0.05, 0.1) is 12.0 Å². The van der Waals surface area contributed by atoms with E-state index in [0.29, 0.717) is 6.54 Å². The number of carbonyl (C=O) groups excluding carboxylic acids is 2. The number of benzene rings is 2. The third-order valence-electron chi connectivity index (χ3n) is 5.08. The Bertz CT molecular complexity index is 791. The maximum absolute atomic E-state index is 12.6. The monoisotopic (exact) mass is 365 g/mol. The topological polar surface area (TPSA) is 61.4 Å². The number of anilines is 2. The number of hydrogen-bond acceptors (Lipinski definition) is 3. The summed E-state index contributed by atoms with van der Waals surface area (Å²) in [6, 6.07) is 17.0.